The van der Waals surface area contributed by atoms with Crippen LogP contribution in [0.15, 0.2) is 46.7 Å². The molecule has 0 spiro atoms. The first kappa shape index (κ1) is 25.2. The zero-order valence-electron chi connectivity index (χ0n) is 19.0. The minimum atomic E-state index is -3.89. The Balaban J connectivity index is 1.44. The molecule has 0 unspecified atom stereocenters. The summed E-state index contributed by atoms with van der Waals surface area (Å²) in [5.74, 6) is 1.49. The van der Waals surface area contributed by atoms with E-state index < -0.39 is 20.6 Å². The fourth-order valence-electron chi connectivity index (χ4n) is 3.80. The quantitative estimate of drug-likeness (QED) is 0.314. The Bertz CT molecular complexity index is 1340. The van der Waals surface area contributed by atoms with Crippen LogP contribution in [0, 0.1) is 10.1 Å². The molecule has 0 amide bonds. The van der Waals surface area contributed by atoms with Crippen LogP contribution in [0.5, 0.6) is 11.5 Å². The number of thiazole rings is 1. The van der Waals surface area contributed by atoms with Gasteiger partial charge in [0.1, 0.15) is 16.5 Å². The van der Waals surface area contributed by atoms with Crippen molar-refractivity contribution in [3.8, 4) is 11.5 Å². The maximum atomic E-state index is 13.0. The Kier molecular flexibility index (Phi) is 7.45. The van der Waals surface area contributed by atoms with Crippen molar-refractivity contribution in [2.45, 2.75) is 11.3 Å². The van der Waals surface area contributed by atoms with Gasteiger partial charge in [0.05, 0.1) is 29.7 Å². The van der Waals surface area contributed by atoms with E-state index in [1.165, 1.54) is 27.8 Å². The van der Waals surface area contributed by atoms with E-state index in [9.17, 15) is 18.5 Å². The summed E-state index contributed by atoms with van der Waals surface area (Å²) in [7, 11) is -0.659. The van der Waals surface area contributed by atoms with E-state index in [2.05, 4.69) is 0 Å². The van der Waals surface area contributed by atoms with Crippen LogP contribution in [0.3, 0.4) is 0 Å². The van der Waals surface area contributed by atoms with Gasteiger partial charge in [0, 0.05) is 49.6 Å². The van der Waals surface area contributed by atoms with E-state index in [0.717, 1.165) is 34.0 Å². The van der Waals surface area contributed by atoms with Gasteiger partial charge in [-0.1, -0.05) is 11.6 Å². The monoisotopic (exact) mass is 538 g/mol. The average Bonchev–Trinajstić information content (AvgIpc) is 3.32. The number of rotatable bonds is 8. The van der Waals surface area contributed by atoms with Gasteiger partial charge in [-0.15, -0.1) is 11.3 Å². The number of piperazine rings is 1. The second-order valence-corrected chi connectivity index (χ2v) is 10.9. The number of sulfonamides is 1. The van der Waals surface area contributed by atoms with Crippen LogP contribution < -0.4 is 14.4 Å². The number of nitro groups is 1. The molecule has 4 rings (SSSR count). The Morgan fingerprint density at radius 3 is 2.51 bits per heavy atom. The normalized spacial score (nSPS) is 14.7. The molecular formula is C22H23ClN4O6S2. The third-order valence-corrected chi connectivity index (χ3v) is 8.82. The van der Waals surface area contributed by atoms with Crippen LogP contribution in [0.2, 0.25) is 5.02 Å². The van der Waals surface area contributed by atoms with Gasteiger partial charge < -0.3 is 14.4 Å². The van der Waals surface area contributed by atoms with Crippen LogP contribution in [-0.2, 0) is 16.4 Å². The van der Waals surface area contributed by atoms with Gasteiger partial charge in [0.2, 0.25) is 10.0 Å². The smallest absolute Gasteiger partial charge is 0.289 e. The molecule has 0 atom stereocenters. The van der Waals surface area contributed by atoms with Crippen molar-refractivity contribution < 1.29 is 22.8 Å². The molecule has 0 bridgehead atoms. The van der Waals surface area contributed by atoms with Crippen molar-refractivity contribution >= 4 is 43.8 Å². The maximum Gasteiger partial charge on any atom is 0.289 e. The Hall–Kier alpha value is -2.93. The van der Waals surface area contributed by atoms with Crippen molar-refractivity contribution in [3.63, 3.8) is 0 Å². The summed E-state index contributed by atoms with van der Waals surface area (Å²) in [4.78, 5) is 17.1. The lowest BCUT2D eigenvalue weighted by Gasteiger charge is -2.33. The Labute approximate surface area is 211 Å². The highest BCUT2D eigenvalue weighted by atomic mass is 35.5. The molecule has 0 saturated carbocycles. The molecule has 1 aliphatic heterocycles. The van der Waals surface area contributed by atoms with Crippen molar-refractivity contribution in [1.82, 2.24) is 9.29 Å². The number of halogens is 1. The van der Waals surface area contributed by atoms with Gasteiger partial charge in [-0.25, -0.2) is 13.4 Å². The van der Waals surface area contributed by atoms with Gasteiger partial charge in [-0.2, -0.15) is 4.31 Å². The molecule has 13 heteroatoms. The molecule has 1 saturated heterocycles. The minimum absolute atomic E-state index is 0.107. The molecule has 1 aliphatic rings. The summed E-state index contributed by atoms with van der Waals surface area (Å²) in [6, 6.07) is 9.14. The predicted octanol–water partition coefficient (Wildman–Crippen LogP) is 3.82. The van der Waals surface area contributed by atoms with E-state index in [1.54, 1.807) is 14.2 Å². The third-order valence-electron chi connectivity index (χ3n) is 5.66. The number of nitrogens with zero attached hydrogens (tertiary/aromatic N) is 4. The standard InChI is InChI=1S/C22H23ClN4O6S2/c1-32-17-3-6-21(33-2)15(12-17)11-16-14-34-22(24-16)25-7-9-26(10-8-25)35(30,31)18-4-5-19(23)20(13-18)27(28)29/h3-6,12-14H,7-11H2,1-2H3. The summed E-state index contributed by atoms with van der Waals surface area (Å²) in [5.41, 5.74) is 1.39. The SMILES string of the molecule is COc1ccc(OC)c(Cc2csc(N3CCN(S(=O)(=O)c4ccc(Cl)c([N+](=O)[O-])c4)CC3)n2)c1. The van der Waals surface area contributed by atoms with Gasteiger partial charge >= 0.3 is 0 Å². The second kappa shape index (κ2) is 10.4. The minimum Gasteiger partial charge on any atom is -0.497 e. The van der Waals surface area contributed by atoms with E-state index in [1.807, 2.05) is 28.5 Å². The number of hydrogen-bond acceptors (Lipinski definition) is 9. The van der Waals surface area contributed by atoms with Crippen LogP contribution in [-0.4, -0.2) is 63.0 Å². The van der Waals surface area contributed by atoms with Crippen LogP contribution >= 0.6 is 22.9 Å². The average molecular weight is 539 g/mol. The molecule has 0 radical (unpaired) electrons. The summed E-state index contributed by atoms with van der Waals surface area (Å²) >= 11 is 7.32. The molecule has 10 nitrogen and oxygen atoms in total. The summed E-state index contributed by atoms with van der Waals surface area (Å²) in [5, 5.41) is 13.8. The molecule has 1 fully saturated rings. The summed E-state index contributed by atoms with van der Waals surface area (Å²) in [6.07, 6.45) is 0.570. The highest BCUT2D eigenvalue weighted by Gasteiger charge is 2.31. The highest BCUT2D eigenvalue weighted by Crippen LogP contribution is 2.31. The predicted molar refractivity (Wildman–Crippen MR) is 134 cm³/mol. The molecular weight excluding hydrogens is 516 g/mol. The lowest BCUT2D eigenvalue weighted by atomic mass is 10.1. The Morgan fingerprint density at radius 2 is 1.86 bits per heavy atom. The molecule has 2 aromatic carbocycles. The van der Waals surface area contributed by atoms with E-state index >= 15 is 0 Å². The lowest BCUT2D eigenvalue weighted by molar-refractivity contribution is -0.384. The first-order chi connectivity index (χ1) is 16.7. The van der Waals surface area contributed by atoms with Gasteiger partial charge in [0.25, 0.3) is 5.69 Å². The first-order valence-corrected chi connectivity index (χ1v) is 13.3. The number of benzene rings is 2. The zero-order valence-corrected chi connectivity index (χ0v) is 21.4. The van der Waals surface area contributed by atoms with Gasteiger partial charge in [-0.3, -0.25) is 10.1 Å². The summed E-state index contributed by atoms with van der Waals surface area (Å²) < 4.78 is 38.2. The number of hydrogen-bond donors (Lipinski definition) is 0. The Morgan fingerprint density at radius 1 is 1.11 bits per heavy atom. The zero-order chi connectivity index (χ0) is 25.2. The molecule has 0 aliphatic carbocycles. The van der Waals surface area contributed by atoms with Crippen LogP contribution in [0.4, 0.5) is 10.8 Å². The van der Waals surface area contributed by atoms with Crippen molar-refractivity contribution in [2.24, 2.45) is 0 Å². The van der Waals surface area contributed by atoms with Gasteiger partial charge in [-0.05, 0) is 30.3 Å². The molecule has 1 aromatic heterocycles. The molecule has 2 heterocycles. The van der Waals surface area contributed by atoms with Crippen LogP contribution in [0.25, 0.3) is 0 Å². The molecule has 35 heavy (non-hydrogen) atoms. The largest absolute Gasteiger partial charge is 0.497 e. The first-order valence-electron chi connectivity index (χ1n) is 10.6. The number of aromatic nitrogens is 1. The fourth-order valence-corrected chi connectivity index (χ4v) is 6.31. The van der Waals surface area contributed by atoms with Gasteiger partial charge in [0.15, 0.2) is 5.13 Å². The van der Waals surface area contributed by atoms with Crippen molar-refractivity contribution in [3.05, 3.63) is 68.2 Å². The molecule has 3 aromatic rings. The van der Waals surface area contributed by atoms with Crippen LogP contribution in [0.1, 0.15) is 11.3 Å². The number of nitro benzene ring substituents is 1. The van der Waals surface area contributed by atoms with E-state index in [-0.39, 0.29) is 23.0 Å². The number of ether oxygens (including phenoxy) is 2. The third kappa shape index (κ3) is 5.35. The molecule has 186 valence electrons. The van der Waals surface area contributed by atoms with E-state index in [4.69, 9.17) is 26.1 Å². The van der Waals surface area contributed by atoms with Crippen molar-refractivity contribution in [2.75, 3.05) is 45.3 Å². The fraction of sp³-hybridized carbons (Fsp3) is 0.318. The maximum absolute atomic E-state index is 13.0. The number of anilines is 1. The highest BCUT2D eigenvalue weighted by molar-refractivity contribution is 7.89. The second-order valence-electron chi connectivity index (χ2n) is 7.74. The molecule has 0 N–H and O–H groups in total. The lowest BCUT2D eigenvalue weighted by Crippen LogP contribution is -2.48. The topological polar surface area (TPSA) is 115 Å². The van der Waals surface area contributed by atoms with E-state index in [0.29, 0.717) is 19.5 Å². The summed E-state index contributed by atoms with van der Waals surface area (Å²) in [6.45, 7) is 1.36. The number of methoxy groups -OCH3 is 2. The van der Waals surface area contributed by atoms with Crippen molar-refractivity contribution in [1.29, 1.82) is 0 Å².